The molecule has 2 heterocycles. The summed E-state index contributed by atoms with van der Waals surface area (Å²) >= 11 is 0. The van der Waals surface area contributed by atoms with Crippen LogP contribution in [-0.2, 0) is 0 Å². The summed E-state index contributed by atoms with van der Waals surface area (Å²) in [6.07, 6.45) is 7.03. The summed E-state index contributed by atoms with van der Waals surface area (Å²) in [6, 6.07) is 0.842. The minimum atomic E-state index is 0.842. The van der Waals surface area contributed by atoms with Gasteiger partial charge in [-0.15, -0.1) is 0 Å². The van der Waals surface area contributed by atoms with E-state index in [9.17, 15) is 0 Å². The third kappa shape index (κ3) is 2.48. The molecule has 82 valence electrons. The molecule has 2 heteroatoms. The zero-order chi connectivity index (χ0) is 9.80. The highest BCUT2D eigenvalue weighted by Gasteiger charge is 2.27. The van der Waals surface area contributed by atoms with Crippen LogP contribution >= 0.6 is 0 Å². The van der Waals surface area contributed by atoms with Crippen LogP contribution in [0.3, 0.4) is 0 Å². The highest BCUT2D eigenvalue weighted by atomic mass is 15.2. The smallest absolute Gasteiger partial charge is 0.0220 e. The van der Waals surface area contributed by atoms with E-state index in [0.717, 1.165) is 12.0 Å². The lowest BCUT2D eigenvalue weighted by atomic mass is 10.1. The fourth-order valence-corrected chi connectivity index (χ4v) is 2.84. The number of rotatable bonds is 2. The number of hydrogen-bond acceptors (Lipinski definition) is 2. The lowest BCUT2D eigenvalue weighted by Gasteiger charge is -2.26. The molecule has 0 radical (unpaired) electrons. The molecule has 2 unspecified atom stereocenters. The van der Waals surface area contributed by atoms with Crippen molar-refractivity contribution in [3.8, 4) is 0 Å². The fraction of sp³-hybridized carbons (Fsp3) is 1.00. The van der Waals surface area contributed by atoms with Crippen molar-refractivity contribution in [2.75, 3.05) is 26.2 Å². The van der Waals surface area contributed by atoms with Gasteiger partial charge in [0.05, 0.1) is 0 Å². The third-order valence-electron chi connectivity index (χ3n) is 3.93. The van der Waals surface area contributed by atoms with Crippen LogP contribution in [0.15, 0.2) is 0 Å². The molecular weight excluding hydrogens is 172 g/mol. The second-order valence-electron chi connectivity index (χ2n) is 4.91. The molecule has 2 nitrogen and oxygen atoms in total. The Morgan fingerprint density at radius 3 is 3.00 bits per heavy atom. The second kappa shape index (κ2) is 5.13. The molecule has 0 spiro atoms. The lowest BCUT2D eigenvalue weighted by Crippen LogP contribution is -2.39. The zero-order valence-electron chi connectivity index (χ0n) is 9.47. The van der Waals surface area contributed by atoms with E-state index in [2.05, 4.69) is 17.1 Å². The van der Waals surface area contributed by atoms with Crippen LogP contribution in [0.5, 0.6) is 0 Å². The molecule has 14 heavy (non-hydrogen) atoms. The summed E-state index contributed by atoms with van der Waals surface area (Å²) in [6.45, 7) is 7.52. The van der Waals surface area contributed by atoms with Crippen molar-refractivity contribution >= 4 is 0 Å². The van der Waals surface area contributed by atoms with Crippen LogP contribution in [0.1, 0.15) is 39.0 Å². The molecule has 0 aliphatic carbocycles. The standard InChI is InChI=1S/C12H24N2/c1-2-11-6-8-14(10-11)12-5-3-4-7-13-9-12/h11-13H,2-10H2,1H3. The van der Waals surface area contributed by atoms with E-state index in [4.69, 9.17) is 0 Å². The molecule has 0 amide bonds. The Labute approximate surface area is 88.1 Å². The zero-order valence-corrected chi connectivity index (χ0v) is 9.47. The number of nitrogens with zero attached hydrogens (tertiary/aromatic N) is 1. The highest BCUT2D eigenvalue weighted by molar-refractivity contribution is 4.83. The van der Waals surface area contributed by atoms with Crippen molar-refractivity contribution in [3.05, 3.63) is 0 Å². The Bertz CT molecular complexity index is 162. The van der Waals surface area contributed by atoms with E-state index in [1.54, 1.807) is 0 Å². The first-order chi connectivity index (χ1) is 6.90. The molecule has 2 aliphatic rings. The summed E-state index contributed by atoms with van der Waals surface area (Å²) < 4.78 is 0. The summed E-state index contributed by atoms with van der Waals surface area (Å²) in [7, 11) is 0. The summed E-state index contributed by atoms with van der Waals surface area (Å²) in [5.74, 6) is 0.984. The first-order valence-electron chi connectivity index (χ1n) is 6.35. The molecule has 0 aromatic rings. The van der Waals surface area contributed by atoms with Crippen molar-refractivity contribution in [1.82, 2.24) is 10.2 Å². The van der Waals surface area contributed by atoms with E-state index in [1.807, 2.05) is 0 Å². The van der Waals surface area contributed by atoms with Gasteiger partial charge in [0, 0.05) is 19.1 Å². The summed E-state index contributed by atoms with van der Waals surface area (Å²) in [4.78, 5) is 2.73. The van der Waals surface area contributed by atoms with Gasteiger partial charge >= 0.3 is 0 Å². The maximum absolute atomic E-state index is 3.57. The third-order valence-corrected chi connectivity index (χ3v) is 3.93. The van der Waals surface area contributed by atoms with Crippen molar-refractivity contribution in [2.45, 2.75) is 45.1 Å². The van der Waals surface area contributed by atoms with Crippen molar-refractivity contribution in [2.24, 2.45) is 5.92 Å². The van der Waals surface area contributed by atoms with Gasteiger partial charge in [-0.25, -0.2) is 0 Å². The van der Waals surface area contributed by atoms with Gasteiger partial charge in [-0.2, -0.15) is 0 Å². The summed E-state index contributed by atoms with van der Waals surface area (Å²) in [5.41, 5.74) is 0. The van der Waals surface area contributed by atoms with Crippen LogP contribution in [0, 0.1) is 5.92 Å². The molecule has 0 bridgehead atoms. The van der Waals surface area contributed by atoms with Gasteiger partial charge < -0.3 is 5.32 Å². The maximum Gasteiger partial charge on any atom is 0.0220 e. The van der Waals surface area contributed by atoms with E-state index in [0.29, 0.717) is 0 Å². The predicted molar refractivity (Wildman–Crippen MR) is 60.5 cm³/mol. The topological polar surface area (TPSA) is 15.3 Å². The second-order valence-corrected chi connectivity index (χ2v) is 4.91. The first kappa shape index (κ1) is 10.4. The number of likely N-dealkylation sites (tertiary alicyclic amines) is 1. The van der Waals surface area contributed by atoms with Gasteiger partial charge in [0.25, 0.3) is 0 Å². The SMILES string of the molecule is CCC1CCN(C2CCCCNC2)C1. The minimum absolute atomic E-state index is 0.842. The predicted octanol–water partition coefficient (Wildman–Crippen LogP) is 1.86. The lowest BCUT2D eigenvalue weighted by molar-refractivity contribution is 0.222. The average molecular weight is 196 g/mol. The van der Waals surface area contributed by atoms with Gasteiger partial charge in [0.15, 0.2) is 0 Å². The molecule has 2 saturated heterocycles. The molecule has 0 aromatic heterocycles. The molecule has 0 saturated carbocycles. The average Bonchev–Trinajstić information content (AvgIpc) is 2.53. The maximum atomic E-state index is 3.57. The molecule has 2 atom stereocenters. The Morgan fingerprint density at radius 1 is 1.29 bits per heavy atom. The van der Waals surface area contributed by atoms with Crippen molar-refractivity contribution in [1.29, 1.82) is 0 Å². The van der Waals surface area contributed by atoms with E-state index in [-0.39, 0.29) is 0 Å². The largest absolute Gasteiger partial charge is 0.315 e. The van der Waals surface area contributed by atoms with Crippen molar-refractivity contribution < 1.29 is 0 Å². The molecule has 2 aliphatic heterocycles. The Hall–Kier alpha value is -0.0800. The molecule has 0 aromatic carbocycles. The fourth-order valence-electron chi connectivity index (χ4n) is 2.84. The van der Waals surface area contributed by atoms with Crippen LogP contribution in [0.2, 0.25) is 0 Å². The quantitative estimate of drug-likeness (QED) is 0.725. The van der Waals surface area contributed by atoms with E-state index >= 15 is 0 Å². The molecule has 2 rings (SSSR count). The van der Waals surface area contributed by atoms with Crippen LogP contribution < -0.4 is 5.32 Å². The van der Waals surface area contributed by atoms with Gasteiger partial charge in [-0.1, -0.05) is 19.8 Å². The van der Waals surface area contributed by atoms with Crippen LogP contribution in [0.4, 0.5) is 0 Å². The van der Waals surface area contributed by atoms with Crippen molar-refractivity contribution in [3.63, 3.8) is 0 Å². The van der Waals surface area contributed by atoms with Crippen LogP contribution in [-0.4, -0.2) is 37.1 Å². The Kier molecular flexibility index (Phi) is 3.82. The van der Waals surface area contributed by atoms with Gasteiger partial charge in [-0.3, -0.25) is 4.90 Å². The van der Waals surface area contributed by atoms with Crippen LogP contribution in [0.25, 0.3) is 0 Å². The van der Waals surface area contributed by atoms with Gasteiger partial charge in [-0.05, 0) is 38.3 Å². The van der Waals surface area contributed by atoms with Gasteiger partial charge in [0.2, 0.25) is 0 Å². The molecule has 2 fully saturated rings. The highest BCUT2D eigenvalue weighted by Crippen LogP contribution is 2.23. The number of hydrogen-bond donors (Lipinski definition) is 1. The Morgan fingerprint density at radius 2 is 2.21 bits per heavy atom. The molecule has 1 N–H and O–H groups in total. The van der Waals surface area contributed by atoms with Gasteiger partial charge in [0.1, 0.15) is 0 Å². The van der Waals surface area contributed by atoms with E-state index < -0.39 is 0 Å². The number of nitrogens with one attached hydrogen (secondary N) is 1. The normalized spacial score (nSPS) is 35.8. The summed E-state index contributed by atoms with van der Waals surface area (Å²) in [5, 5.41) is 3.57. The monoisotopic (exact) mass is 196 g/mol. The molecular formula is C12H24N2. The van der Waals surface area contributed by atoms with E-state index in [1.165, 1.54) is 58.3 Å². The minimum Gasteiger partial charge on any atom is -0.315 e. The Balaban J connectivity index is 1.82. The first-order valence-corrected chi connectivity index (χ1v) is 6.35.